The molecule has 3 heterocycles. The quantitative estimate of drug-likeness (QED) is 0.929. The third kappa shape index (κ3) is 2.50. The van der Waals surface area contributed by atoms with Gasteiger partial charge in [0.25, 0.3) is 11.5 Å². The van der Waals surface area contributed by atoms with Gasteiger partial charge in [-0.1, -0.05) is 0 Å². The zero-order valence-electron chi connectivity index (χ0n) is 13.4. The summed E-state index contributed by atoms with van der Waals surface area (Å²) in [5, 5.41) is 0. The number of ether oxygens (including phenoxy) is 1. The van der Waals surface area contributed by atoms with Crippen LogP contribution in [0.2, 0.25) is 0 Å². The standard InChI is InChI=1S/C17H19N3O4/c1-23-13-9-18-15(19-16(13)21)12-3-2-7-20(12)17(22)11-6-8-24-14(11)10-4-5-10/h6,8-10,12H,2-5,7H2,1H3,(H,18,19,21). The lowest BCUT2D eigenvalue weighted by atomic mass is 10.1. The molecular weight excluding hydrogens is 310 g/mol. The molecule has 1 saturated heterocycles. The average molecular weight is 329 g/mol. The maximum absolute atomic E-state index is 13.0. The van der Waals surface area contributed by atoms with E-state index in [1.165, 1.54) is 13.3 Å². The van der Waals surface area contributed by atoms with Gasteiger partial charge >= 0.3 is 0 Å². The SMILES string of the molecule is COc1cnc(C2CCCN2C(=O)c2ccoc2C2CC2)[nH]c1=O. The van der Waals surface area contributed by atoms with Gasteiger partial charge < -0.3 is 19.0 Å². The minimum Gasteiger partial charge on any atom is -0.490 e. The first-order valence-corrected chi connectivity index (χ1v) is 8.20. The summed E-state index contributed by atoms with van der Waals surface area (Å²) in [5.41, 5.74) is 0.309. The Morgan fingerprint density at radius 1 is 1.42 bits per heavy atom. The second kappa shape index (κ2) is 5.81. The molecule has 2 fully saturated rings. The molecule has 0 spiro atoms. The second-order valence-electron chi connectivity index (χ2n) is 6.30. The normalized spacial score (nSPS) is 20.4. The highest BCUT2D eigenvalue weighted by Gasteiger charge is 2.37. The molecule has 1 aliphatic heterocycles. The lowest BCUT2D eigenvalue weighted by molar-refractivity contribution is 0.0727. The van der Waals surface area contributed by atoms with Gasteiger partial charge in [-0.15, -0.1) is 0 Å². The van der Waals surface area contributed by atoms with E-state index in [2.05, 4.69) is 9.97 Å². The van der Waals surface area contributed by atoms with Crippen LogP contribution in [0.15, 0.2) is 27.7 Å². The van der Waals surface area contributed by atoms with E-state index in [4.69, 9.17) is 9.15 Å². The predicted octanol–water partition coefficient (Wildman–Crippen LogP) is 2.23. The molecule has 0 bridgehead atoms. The monoisotopic (exact) mass is 329 g/mol. The van der Waals surface area contributed by atoms with E-state index in [0.29, 0.717) is 23.9 Å². The maximum Gasteiger partial charge on any atom is 0.293 e. The molecule has 1 atom stereocenters. The Morgan fingerprint density at radius 2 is 2.25 bits per heavy atom. The summed E-state index contributed by atoms with van der Waals surface area (Å²) in [4.78, 5) is 33.7. The van der Waals surface area contributed by atoms with Crippen molar-refractivity contribution in [2.45, 2.75) is 37.6 Å². The first-order valence-electron chi connectivity index (χ1n) is 8.20. The molecule has 2 aromatic rings. The van der Waals surface area contributed by atoms with Gasteiger partial charge in [0.05, 0.1) is 31.2 Å². The Morgan fingerprint density at radius 3 is 2.96 bits per heavy atom. The molecule has 4 rings (SSSR count). The number of aromatic nitrogens is 2. The van der Waals surface area contributed by atoms with Gasteiger partial charge in [0.15, 0.2) is 0 Å². The van der Waals surface area contributed by atoms with Gasteiger partial charge in [-0.05, 0) is 31.7 Å². The molecule has 1 aliphatic carbocycles. The lowest BCUT2D eigenvalue weighted by Crippen LogP contribution is -2.32. The predicted molar refractivity (Wildman–Crippen MR) is 85.1 cm³/mol. The van der Waals surface area contributed by atoms with Crippen molar-refractivity contribution in [3.8, 4) is 5.75 Å². The number of rotatable bonds is 4. The van der Waals surface area contributed by atoms with E-state index in [1.807, 2.05) is 0 Å². The van der Waals surface area contributed by atoms with Crippen LogP contribution in [0.25, 0.3) is 0 Å². The van der Waals surface area contributed by atoms with Gasteiger partial charge in [0, 0.05) is 12.5 Å². The Hall–Kier alpha value is -2.57. The van der Waals surface area contributed by atoms with E-state index >= 15 is 0 Å². The lowest BCUT2D eigenvalue weighted by Gasteiger charge is -2.24. The molecule has 1 amide bonds. The number of likely N-dealkylation sites (tertiary alicyclic amines) is 1. The van der Waals surface area contributed by atoms with Crippen molar-refractivity contribution >= 4 is 5.91 Å². The summed E-state index contributed by atoms with van der Waals surface area (Å²) in [5.74, 6) is 1.79. The summed E-state index contributed by atoms with van der Waals surface area (Å²) in [6.07, 6.45) is 6.79. The summed E-state index contributed by atoms with van der Waals surface area (Å²) < 4.78 is 10.5. The van der Waals surface area contributed by atoms with Crippen LogP contribution in [0.5, 0.6) is 5.75 Å². The Balaban J connectivity index is 1.62. The third-order valence-electron chi connectivity index (χ3n) is 4.71. The number of H-pyrrole nitrogens is 1. The van der Waals surface area contributed by atoms with Gasteiger partial charge in [0.2, 0.25) is 5.75 Å². The van der Waals surface area contributed by atoms with Gasteiger partial charge in [-0.2, -0.15) is 0 Å². The molecule has 7 heteroatoms. The van der Waals surface area contributed by atoms with Crippen LogP contribution in [0.3, 0.4) is 0 Å². The fraction of sp³-hybridized carbons (Fsp3) is 0.471. The van der Waals surface area contributed by atoms with Crippen LogP contribution in [0, 0.1) is 0 Å². The summed E-state index contributed by atoms with van der Waals surface area (Å²) >= 11 is 0. The number of aromatic amines is 1. The van der Waals surface area contributed by atoms with Crippen molar-refractivity contribution < 1.29 is 13.9 Å². The minimum atomic E-state index is -0.330. The van der Waals surface area contributed by atoms with Crippen molar-refractivity contribution in [2.24, 2.45) is 0 Å². The van der Waals surface area contributed by atoms with Crippen LogP contribution in [-0.2, 0) is 0 Å². The number of furan rings is 1. The molecule has 2 aromatic heterocycles. The number of hydrogen-bond acceptors (Lipinski definition) is 5. The Labute approximate surface area is 138 Å². The van der Waals surface area contributed by atoms with E-state index in [1.54, 1.807) is 17.2 Å². The second-order valence-corrected chi connectivity index (χ2v) is 6.30. The number of carbonyl (C=O) groups excluding carboxylic acids is 1. The zero-order chi connectivity index (χ0) is 16.7. The Kier molecular flexibility index (Phi) is 3.63. The van der Waals surface area contributed by atoms with Gasteiger partial charge in [0.1, 0.15) is 11.6 Å². The van der Waals surface area contributed by atoms with Crippen LogP contribution >= 0.6 is 0 Å². The number of carbonyl (C=O) groups is 1. The molecule has 1 saturated carbocycles. The maximum atomic E-state index is 13.0. The highest BCUT2D eigenvalue weighted by molar-refractivity contribution is 5.95. The molecular formula is C17H19N3O4. The van der Waals surface area contributed by atoms with Crippen molar-refractivity contribution in [2.75, 3.05) is 13.7 Å². The third-order valence-corrected chi connectivity index (χ3v) is 4.71. The molecule has 1 unspecified atom stereocenters. The van der Waals surface area contributed by atoms with Crippen molar-refractivity contribution in [3.05, 3.63) is 46.0 Å². The highest BCUT2D eigenvalue weighted by atomic mass is 16.5. The molecule has 7 nitrogen and oxygen atoms in total. The van der Waals surface area contributed by atoms with E-state index < -0.39 is 0 Å². The summed E-state index contributed by atoms with van der Waals surface area (Å²) in [6, 6.07) is 1.52. The first kappa shape index (κ1) is 15.0. The summed E-state index contributed by atoms with van der Waals surface area (Å²) in [6.45, 7) is 0.647. The number of hydrogen-bond donors (Lipinski definition) is 1. The fourth-order valence-corrected chi connectivity index (χ4v) is 3.32. The van der Waals surface area contributed by atoms with Gasteiger partial charge in [-0.25, -0.2) is 4.98 Å². The fourth-order valence-electron chi connectivity index (χ4n) is 3.32. The van der Waals surface area contributed by atoms with Crippen LogP contribution in [-0.4, -0.2) is 34.4 Å². The van der Waals surface area contributed by atoms with E-state index in [0.717, 1.165) is 31.4 Å². The highest BCUT2D eigenvalue weighted by Crippen LogP contribution is 2.43. The molecule has 0 radical (unpaired) electrons. The molecule has 1 N–H and O–H groups in total. The number of nitrogens with zero attached hydrogens (tertiary/aromatic N) is 2. The first-order chi connectivity index (χ1) is 11.7. The number of nitrogens with one attached hydrogen (secondary N) is 1. The van der Waals surface area contributed by atoms with E-state index in [9.17, 15) is 9.59 Å². The molecule has 126 valence electrons. The minimum absolute atomic E-state index is 0.0494. The van der Waals surface area contributed by atoms with Crippen LogP contribution in [0.1, 0.15) is 59.6 Å². The smallest absolute Gasteiger partial charge is 0.293 e. The number of amides is 1. The van der Waals surface area contributed by atoms with Crippen molar-refractivity contribution in [1.82, 2.24) is 14.9 Å². The number of methoxy groups -OCH3 is 1. The van der Waals surface area contributed by atoms with Crippen LogP contribution in [0.4, 0.5) is 0 Å². The van der Waals surface area contributed by atoms with E-state index in [-0.39, 0.29) is 23.3 Å². The topological polar surface area (TPSA) is 88.4 Å². The molecule has 2 aliphatic rings. The molecule has 0 aromatic carbocycles. The van der Waals surface area contributed by atoms with Crippen molar-refractivity contribution in [1.29, 1.82) is 0 Å². The van der Waals surface area contributed by atoms with Gasteiger partial charge in [-0.3, -0.25) is 9.59 Å². The summed E-state index contributed by atoms with van der Waals surface area (Å²) in [7, 11) is 1.43. The Bertz CT molecular complexity index is 821. The molecule has 24 heavy (non-hydrogen) atoms. The largest absolute Gasteiger partial charge is 0.490 e. The van der Waals surface area contributed by atoms with Crippen LogP contribution < -0.4 is 10.3 Å². The van der Waals surface area contributed by atoms with Crippen molar-refractivity contribution in [3.63, 3.8) is 0 Å². The zero-order valence-corrected chi connectivity index (χ0v) is 13.4. The average Bonchev–Trinajstić information content (AvgIpc) is 3.13.